The fraction of sp³-hybridized carbons (Fsp3) is 0.609. The topological polar surface area (TPSA) is 158 Å². The molecule has 1 aromatic rings. The number of hydrogen-bond donors (Lipinski definition) is 4. The van der Waals surface area contributed by atoms with Crippen molar-refractivity contribution in [3.05, 3.63) is 22.8 Å². The second-order valence-electron chi connectivity index (χ2n) is 9.21. The van der Waals surface area contributed by atoms with Crippen LogP contribution >= 0.6 is 11.6 Å². The largest absolute Gasteiger partial charge is 0.382 e. The molecule has 2 heterocycles. The van der Waals surface area contributed by atoms with E-state index in [4.69, 9.17) is 17.3 Å². The number of halogens is 1. The average Bonchev–Trinajstić information content (AvgIpc) is 3.52. The molecule has 0 radical (unpaired) electrons. The third kappa shape index (κ3) is 7.53. The number of nitrogens with zero attached hydrogens (tertiary/aromatic N) is 3. The van der Waals surface area contributed by atoms with Crippen LogP contribution in [-0.2, 0) is 20.8 Å². The van der Waals surface area contributed by atoms with Crippen LogP contribution in [0.2, 0.25) is 5.02 Å². The Hall–Kier alpha value is -2.92. The van der Waals surface area contributed by atoms with E-state index in [-0.39, 0.29) is 31.2 Å². The fourth-order valence-electron chi connectivity index (χ4n) is 4.89. The summed E-state index contributed by atoms with van der Waals surface area (Å²) in [5.74, 6) is -0.845. The highest BCUT2D eigenvalue weighted by Crippen LogP contribution is 2.32. The van der Waals surface area contributed by atoms with E-state index in [1.807, 2.05) is 0 Å². The minimum absolute atomic E-state index is 0.117. The van der Waals surface area contributed by atoms with E-state index in [9.17, 15) is 24.4 Å². The van der Waals surface area contributed by atoms with Crippen LogP contribution in [-0.4, -0.2) is 70.1 Å². The molecule has 0 spiro atoms. The van der Waals surface area contributed by atoms with Gasteiger partial charge in [0.05, 0.1) is 17.5 Å². The van der Waals surface area contributed by atoms with Gasteiger partial charge in [0.15, 0.2) is 0 Å². The third-order valence-corrected chi connectivity index (χ3v) is 6.97. The van der Waals surface area contributed by atoms with Crippen LogP contribution in [0, 0.1) is 11.8 Å². The Kier molecular flexibility index (Phi) is 9.67. The Bertz CT molecular complexity index is 926. The van der Waals surface area contributed by atoms with Crippen molar-refractivity contribution in [2.24, 2.45) is 11.8 Å². The SMILES string of the molecule is Nc1ncc(CCNC(=O)NC(=O)[C@@H]2CCCN2C(=O)[C@H](CC2CCCC2)CN(O)C=O)cc1Cl. The van der Waals surface area contributed by atoms with Gasteiger partial charge in [-0.25, -0.2) is 14.8 Å². The zero-order chi connectivity index (χ0) is 25.4. The van der Waals surface area contributed by atoms with Crippen LogP contribution in [0.1, 0.15) is 50.5 Å². The van der Waals surface area contributed by atoms with Crippen LogP contribution < -0.4 is 16.4 Å². The van der Waals surface area contributed by atoms with Crippen LogP contribution in [0.25, 0.3) is 0 Å². The summed E-state index contributed by atoms with van der Waals surface area (Å²) < 4.78 is 0. The molecule has 192 valence electrons. The molecule has 1 aromatic heterocycles. The van der Waals surface area contributed by atoms with E-state index in [0.29, 0.717) is 48.2 Å². The van der Waals surface area contributed by atoms with Gasteiger partial charge in [-0.3, -0.25) is 24.9 Å². The number of carbonyl (C=O) groups excluding carboxylic acids is 4. The molecule has 1 saturated carbocycles. The Balaban J connectivity index is 1.53. The number of hydroxylamine groups is 2. The number of likely N-dealkylation sites (tertiary alicyclic amines) is 1. The van der Waals surface area contributed by atoms with Crippen molar-refractivity contribution in [2.75, 3.05) is 25.4 Å². The quantitative estimate of drug-likeness (QED) is 0.213. The smallest absolute Gasteiger partial charge is 0.321 e. The predicted molar refractivity (Wildman–Crippen MR) is 128 cm³/mol. The second-order valence-corrected chi connectivity index (χ2v) is 9.61. The molecule has 2 aliphatic rings. The highest BCUT2D eigenvalue weighted by molar-refractivity contribution is 6.32. The molecule has 11 nitrogen and oxygen atoms in total. The molecule has 5 N–H and O–H groups in total. The number of amides is 5. The Morgan fingerprint density at radius 2 is 2.03 bits per heavy atom. The zero-order valence-electron chi connectivity index (χ0n) is 19.6. The minimum Gasteiger partial charge on any atom is -0.382 e. The first-order chi connectivity index (χ1) is 16.8. The van der Waals surface area contributed by atoms with Gasteiger partial charge in [-0.1, -0.05) is 37.3 Å². The lowest BCUT2D eigenvalue weighted by Gasteiger charge is -2.30. The summed E-state index contributed by atoms with van der Waals surface area (Å²) in [6.07, 6.45) is 8.14. The van der Waals surface area contributed by atoms with Crippen molar-refractivity contribution >= 4 is 41.7 Å². The van der Waals surface area contributed by atoms with E-state index in [1.165, 1.54) is 4.90 Å². The molecule has 1 saturated heterocycles. The highest BCUT2D eigenvalue weighted by Gasteiger charge is 2.39. The molecule has 3 rings (SSSR count). The summed E-state index contributed by atoms with van der Waals surface area (Å²) in [4.78, 5) is 54.8. The maximum absolute atomic E-state index is 13.3. The van der Waals surface area contributed by atoms with Crippen LogP contribution in [0.5, 0.6) is 0 Å². The maximum Gasteiger partial charge on any atom is 0.321 e. The van der Waals surface area contributed by atoms with Gasteiger partial charge >= 0.3 is 6.03 Å². The standard InChI is InChI=1S/C23H33ClN6O5/c24-18-11-16(12-27-20(18)25)7-8-26-23(34)28-21(32)19-6-3-9-30(19)22(33)17(13-29(35)14-31)10-15-4-1-2-5-15/h11-12,14-15,17,19,35H,1-10,13H2,(H2,25,27)(H2,26,28,32,34)/t17-,19+/m1/s1. The first kappa shape index (κ1) is 26.7. The van der Waals surface area contributed by atoms with E-state index >= 15 is 0 Å². The maximum atomic E-state index is 13.3. The Morgan fingerprint density at radius 3 is 2.71 bits per heavy atom. The van der Waals surface area contributed by atoms with E-state index in [2.05, 4.69) is 15.6 Å². The van der Waals surface area contributed by atoms with Crippen molar-refractivity contribution in [1.82, 2.24) is 25.6 Å². The van der Waals surface area contributed by atoms with Crippen molar-refractivity contribution in [3.8, 4) is 0 Å². The van der Waals surface area contributed by atoms with Gasteiger partial charge in [0.2, 0.25) is 12.3 Å². The van der Waals surface area contributed by atoms with Crippen molar-refractivity contribution < 1.29 is 24.4 Å². The third-order valence-electron chi connectivity index (χ3n) is 6.67. The summed E-state index contributed by atoms with van der Waals surface area (Å²) >= 11 is 5.94. The number of anilines is 1. The molecule has 2 fully saturated rings. The summed E-state index contributed by atoms with van der Waals surface area (Å²) in [5, 5.41) is 15.5. The Morgan fingerprint density at radius 1 is 1.29 bits per heavy atom. The van der Waals surface area contributed by atoms with Crippen molar-refractivity contribution in [2.45, 2.75) is 57.4 Å². The average molecular weight is 509 g/mol. The molecule has 1 aliphatic carbocycles. The van der Waals surface area contributed by atoms with Crippen LogP contribution in [0.3, 0.4) is 0 Å². The zero-order valence-corrected chi connectivity index (χ0v) is 20.4. The summed E-state index contributed by atoms with van der Waals surface area (Å²) in [5.41, 5.74) is 6.37. The number of nitrogens with two attached hydrogens (primary N) is 1. The fourth-order valence-corrected chi connectivity index (χ4v) is 5.08. The summed E-state index contributed by atoms with van der Waals surface area (Å²) in [6, 6.07) is 0.230. The molecule has 0 unspecified atom stereocenters. The number of aromatic nitrogens is 1. The second kappa shape index (κ2) is 12.7. The van der Waals surface area contributed by atoms with Gasteiger partial charge in [-0.2, -0.15) is 0 Å². The molecule has 1 aliphatic heterocycles. The molecule has 0 bridgehead atoms. The molecule has 0 aromatic carbocycles. The number of nitrogens with one attached hydrogen (secondary N) is 2. The van der Waals surface area contributed by atoms with E-state index in [0.717, 1.165) is 31.2 Å². The molecular formula is C23H33ClN6O5. The van der Waals surface area contributed by atoms with Gasteiger partial charge in [-0.05, 0) is 43.2 Å². The number of pyridine rings is 1. The molecule has 5 amide bonds. The van der Waals surface area contributed by atoms with Gasteiger partial charge in [-0.15, -0.1) is 0 Å². The lowest BCUT2D eigenvalue weighted by molar-refractivity contribution is -0.158. The van der Waals surface area contributed by atoms with Crippen LogP contribution in [0.15, 0.2) is 12.3 Å². The highest BCUT2D eigenvalue weighted by atomic mass is 35.5. The lowest BCUT2D eigenvalue weighted by Crippen LogP contribution is -2.52. The predicted octanol–water partition coefficient (Wildman–Crippen LogP) is 1.72. The molecule has 35 heavy (non-hydrogen) atoms. The van der Waals surface area contributed by atoms with Gasteiger partial charge in [0.25, 0.3) is 5.91 Å². The summed E-state index contributed by atoms with van der Waals surface area (Å²) in [6.45, 7) is 0.515. The van der Waals surface area contributed by atoms with E-state index < -0.39 is 23.9 Å². The monoisotopic (exact) mass is 508 g/mol. The van der Waals surface area contributed by atoms with Crippen molar-refractivity contribution in [1.29, 1.82) is 0 Å². The number of nitrogen functional groups attached to an aromatic ring is 1. The molecular weight excluding hydrogens is 476 g/mol. The number of urea groups is 1. The van der Waals surface area contributed by atoms with Gasteiger partial charge in [0, 0.05) is 19.3 Å². The summed E-state index contributed by atoms with van der Waals surface area (Å²) in [7, 11) is 0. The van der Waals surface area contributed by atoms with Gasteiger partial charge < -0.3 is 16.0 Å². The van der Waals surface area contributed by atoms with Crippen molar-refractivity contribution in [3.63, 3.8) is 0 Å². The number of carbonyl (C=O) groups is 4. The van der Waals surface area contributed by atoms with Gasteiger partial charge in [0.1, 0.15) is 11.9 Å². The molecule has 2 atom stereocenters. The van der Waals surface area contributed by atoms with E-state index in [1.54, 1.807) is 12.3 Å². The minimum atomic E-state index is -0.775. The first-order valence-corrected chi connectivity index (χ1v) is 12.4. The lowest BCUT2D eigenvalue weighted by atomic mass is 9.91. The Labute approximate surface area is 209 Å². The number of rotatable bonds is 10. The first-order valence-electron chi connectivity index (χ1n) is 12.0. The normalized spacial score (nSPS) is 18.8. The van der Waals surface area contributed by atoms with Crippen LogP contribution in [0.4, 0.5) is 10.6 Å². The number of imide groups is 1. The number of hydrogen-bond acceptors (Lipinski definition) is 7. The molecule has 12 heteroatoms.